The minimum atomic E-state index is -0.175. The monoisotopic (exact) mass is 294 g/mol. The second-order valence-electron chi connectivity index (χ2n) is 4.55. The van der Waals surface area contributed by atoms with Crippen LogP contribution >= 0.6 is 23.2 Å². The van der Waals surface area contributed by atoms with Gasteiger partial charge in [0.15, 0.2) is 0 Å². The van der Waals surface area contributed by atoms with Gasteiger partial charge in [-0.05, 0) is 54.3 Å². The zero-order chi connectivity index (χ0) is 14.0. The molecule has 1 atom stereocenters. The Kier molecular flexibility index (Phi) is 4.48. The van der Waals surface area contributed by atoms with Gasteiger partial charge in [0.2, 0.25) is 0 Å². The highest BCUT2D eigenvalue weighted by Crippen LogP contribution is 2.32. The van der Waals surface area contributed by atoms with Crippen LogP contribution in [0.4, 0.5) is 0 Å². The van der Waals surface area contributed by atoms with Crippen LogP contribution in [0, 0.1) is 13.8 Å². The Balaban J connectivity index is 2.56. The molecule has 0 fully saturated rings. The van der Waals surface area contributed by atoms with Crippen LogP contribution in [0.1, 0.15) is 28.3 Å². The lowest BCUT2D eigenvalue weighted by atomic mass is 9.93. The van der Waals surface area contributed by atoms with Gasteiger partial charge in [-0.1, -0.05) is 41.4 Å². The molecular formula is C15H16Cl2N2. The molecule has 0 radical (unpaired) electrons. The molecule has 1 unspecified atom stereocenters. The second-order valence-corrected chi connectivity index (χ2v) is 5.40. The molecule has 0 aliphatic carbocycles. The lowest BCUT2D eigenvalue weighted by Gasteiger charge is -2.21. The SMILES string of the molecule is Cc1cccc(C(NN)c2cc(Cl)ccc2Cl)c1C. The summed E-state index contributed by atoms with van der Waals surface area (Å²) in [6.45, 7) is 4.15. The van der Waals surface area contributed by atoms with Crippen LogP contribution < -0.4 is 11.3 Å². The Labute approximate surface area is 123 Å². The maximum atomic E-state index is 6.26. The van der Waals surface area contributed by atoms with Crippen molar-refractivity contribution < 1.29 is 0 Å². The van der Waals surface area contributed by atoms with Crippen LogP contribution in [0.25, 0.3) is 0 Å². The molecule has 0 spiro atoms. The average Bonchev–Trinajstić information content (AvgIpc) is 2.39. The van der Waals surface area contributed by atoms with Gasteiger partial charge in [-0.25, -0.2) is 5.43 Å². The lowest BCUT2D eigenvalue weighted by molar-refractivity contribution is 0.633. The van der Waals surface area contributed by atoms with E-state index < -0.39 is 0 Å². The molecule has 3 N–H and O–H groups in total. The van der Waals surface area contributed by atoms with Gasteiger partial charge in [0.25, 0.3) is 0 Å². The summed E-state index contributed by atoms with van der Waals surface area (Å²) >= 11 is 12.3. The van der Waals surface area contributed by atoms with E-state index in [1.807, 2.05) is 18.2 Å². The fourth-order valence-electron chi connectivity index (χ4n) is 2.17. The highest BCUT2D eigenvalue weighted by Gasteiger charge is 2.18. The molecule has 0 saturated carbocycles. The van der Waals surface area contributed by atoms with Gasteiger partial charge < -0.3 is 0 Å². The highest BCUT2D eigenvalue weighted by molar-refractivity contribution is 6.33. The maximum absolute atomic E-state index is 6.26. The summed E-state index contributed by atoms with van der Waals surface area (Å²) in [5, 5.41) is 1.29. The van der Waals surface area contributed by atoms with E-state index in [2.05, 4.69) is 25.3 Å². The molecule has 0 amide bonds. The summed E-state index contributed by atoms with van der Waals surface area (Å²) in [7, 11) is 0. The number of hydrogen-bond donors (Lipinski definition) is 2. The molecule has 4 heteroatoms. The van der Waals surface area contributed by atoms with Crippen molar-refractivity contribution in [3.05, 3.63) is 68.7 Å². The second kappa shape index (κ2) is 5.93. The van der Waals surface area contributed by atoms with Gasteiger partial charge in [-0.3, -0.25) is 5.84 Å². The fraction of sp³-hybridized carbons (Fsp3) is 0.200. The smallest absolute Gasteiger partial charge is 0.0727 e. The van der Waals surface area contributed by atoms with E-state index in [1.54, 1.807) is 12.1 Å². The lowest BCUT2D eigenvalue weighted by Crippen LogP contribution is -2.29. The summed E-state index contributed by atoms with van der Waals surface area (Å²) in [6, 6.07) is 11.4. The fourth-order valence-corrected chi connectivity index (χ4v) is 2.58. The number of hydrogen-bond acceptors (Lipinski definition) is 2. The van der Waals surface area contributed by atoms with Crippen molar-refractivity contribution >= 4 is 23.2 Å². The third-order valence-corrected chi connectivity index (χ3v) is 3.97. The standard InChI is InChI=1S/C15H16Cl2N2/c1-9-4-3-5-12(10(9)2)15(19-18)13-8-11(16)6-7-14(13)17/h3-8,15,19H,18H2,1-2H3. The zero-order valence-corrected chi connectivity index (χ0v) is 12.4. The van der Waals surface area contributed by atoms with Crippen LogP contribution in [-0.4, -0.2) is 0 Å². The third kappa shape index (κ3) is 2.93. The Morgan fingerprint density at radius 3 is 2.47 bits per heavy atom. The number of halogens is 2. The van der Waals surface area contributed by atoms with E-state index >= 15 is 0 Å². The zero-order valence-electron chi connectivity index (χ0n) is 10.9. The summed E-state index contributed by atoms with van der Waals surface area (Å²) in [5.41, 5.74) is 7.23. The quantitative estimate of drug-likeness (QED) is 0.659. The molecule has 0 aliphatic heterocycles. The number of hydrazine groups is 1. The first-order valence-corrected chi connectivity index (χ1v) is 6.77. The average molecular weight is 295 g/mol. The first-order chi connectivity index (χ1) is 9.04. The van der Waals surface area contributed by atoms with E-state index in [0.29, 0.717) is 10.0 Å². The van der Waals surface area contributed by atoms with Crippen LogP contribution in [-0.2, 0) is 0 Å². The topological polar surface area (TPSA) is 38.0 Å². The number of benzene rings is 2. The molecule has 0 bridgehead atoms. The minimum absolute atomic E-state index is 0.175. The molecule has 19 heavy (non-hydrogen) atoms. The predicted molar refractivity (Wildman–Crippen MR) is 81.5 cm³/mol. The molecule has 0 saturated heterocycles. The van der Waals surface area contributed by atoms with Crippen molar-refractivity contribution in [1.29, 1.82) is 0 Å². The number of nitrogens with two attached hydrogens (primary N) is 1. The van der Waals surface area contributed by atoms with Crippen molar-refractivity contribution in [2.45, 2.75) is 19.9 Å². The highest BCUT2D eigenvalue weighted by atomic mass is 35.5. The van der Waals surface area contributed by atoms with Gasteiger partial charge in [0.1, 0.15) is 0 Å². The van der Waals surface area contributed by atoms with E-state index in [-0.39, 0.29) is 6.04 Å². The molecule has 0 heterocycles. The molecule has 2 nitrogen and oxygen atoms in total. The number of rotatable bonds is 3. The van der Waals surface area contributed by atoms with E-state index in [9.17, 15) is 0 Å². The van der Waals surface area contributed by atoms with Crippen LogP contribution in [0.2, 0.25) is 10.0 Å². The largest absolute Gasteiger partial charge is 0.271 e. The van der Waals surface area contributed by atoms with Gasteiger partial charge in [0, 0.05) is 10.0 Å². The Hall–Kier alpha value is -1.06. The summed E-state index contributed by atoms with van der Waals surface area (Å²) in [4.78, 5) is 0. The predicted octanol–water partition coefficient (Wildman–Crippen LogP) is 4.16. The number of nitrogens with one attached hydrogen (secondary N) is 1. The molecule has 0 aromatic heterocycles. The van der Waals surface area contributed by atoms with E-state index in [1.165, 1.54) is 11.1 Å². The summed E-state index contributed by atoms with van der Waals surface area (Å²) < 4.78 is 0. The molecule has 2 aromatic carbocycles. The van der Waals surface area contributed by atoms with Crippen molar-refractivity contribution in [2.75, 3.05) is 0 Å². The van der Waals surface area contributed by atoms with E-state index in [0.717, 1.165) is 11.1 Å². The van der Waals surface area contributed by atoms with Crippen LogP contribution in [0.5, 0.6) is 0 Å². The van der Waals surface area contributed by atoms with E-state index in [4.69, 9.17) is 29.0 Å². The Morgan fingerprint density at radius 2 is 1.79 bits per heavy atom. The summed E-state index contributed by atoms with van der Waals surface area (Å²) in [5.74, 6) is 5.72. The molecule has 0 aliphatic rings. The minimum Gasteiger partial charge on any atom is -0.271 e. The molecule has 2 aromatic rings. The van der Waals surface area contributed by atoms with Crippen LogP contribution in [0.15, 0.2) is 36.4 Å². The van der Waals surface area contributed by atoms with Crippen molar-refractivity contribution in [3.63, 3.8) is 0 Å². The molecule has 100 valence electrons. The van der Waals surface area contributed by atoms with Crippen molar-refractivity contribution in [1.82, 2.24) is 5.43 Å². The van der Waals surface area contributed by atoms with Crippen molar-refractivity contribution in [3.8, 4) is 0 Å². The van der Waals surface area contributed by atoms with Gasteiger partial charge in [0.05, 0.1) is 6.04 Å². The maximum Gasteiger partial charge on any atom is 0.0727 e. The molecular weight excluding hydrogens is 279 g/mol. The number of aryl methyl sites for hydroxylation is 1. The Morgan fingerprint density at radius 1 is 1.05 bits per heavy atom. The Bertz CT molecular complexity index is 595. The van der Waals surface area contributed by atoms with Gasteiger partial charge >= 0.3 is 0 Å². The third-order valence-electron chi connectivity index (χ3n) is 3.39. The normalized spacial score (nSPS) is 12.5. The first-order valence-electron chi connectivity index (χ1n) is 6.01. The van der Waals surface area contributed by atoms with Crippen LogP contribution in [0.3, 0.4) is 0 Å². The summed E-state index contributed by atoms with van der Waals surface area (Å²) in [6.07, 6.45) is 0. The first kappa shape index (κ1) is 14.4. The van der Waals surface area contributed by atoms with Gasteiger partial charge in [-0.2, -0.15) is 0 Å². The van der Waals surface area contributed by atoms with Gasteiger partial charge in [-0.15, -0.1) is 0 Å². The van der Waals surface area contributed by atoms with Crippen molar-refractivity contribution in [2.24, 2.45) is 5.84 Å². The molecule has 2 rings (SSSR count).